The van der Waals surface area contributed by atoms with E-state index in [0.29, 0.717) is 0 Å². The zero-order chi connectivity index (χ0) is 36.6. The van der Waals surface area contributed by atoms with E-state index in [1.807, 2.05) is 6.07 Å². The van der Waals surface area contributed by atoms with Crippen LogP contribution in [-0.2, 0) is 5.41 Å². The Balaban J connectivity index is 1.06. The molecular formula is C54H37N. The van der Waals surface area contributed by atoms with Gasteiger partial charge in [-0.25, -0.2) is 4.98 Å². The molecule has 0 bridgehead atoms. The second-order valence-electron chi connectivity index (χ2n) is 14.3. The van der Waals surface area contributed by atoms with Crippen molar-refractivity contribution in [2.75, 3.05) is 0 Å². The Morgan fingerprint density at radius 2 is 0.691 bits per heavy atom. The van der Waals surface area contributed by atoms with Crippen molar-refractivity contribution in [2.45, 2.75) is 5.41 Å². The van der Waals surface area contributed by atoms with Gasteiger partial charge >= 0.3 is 0 Å². The van der Waals surface area contributed by atoms with Crippen LogP contribution in [0, 0.1) is 0 Å². The van der Waals surface area contributed by atoms with E-state index in [-0.39, 0.29) is 0 Å². The lowest BCUT2D eigenvalue weighted by Gasteiger charge is -2.33. The van der Waals surface area contributed by atoms with Crippen LogP contribution >= 0.6 is 0 Å². The van der Waals surface area contributed by atoms with Crippen LogP contribution in [-0.4, -0.2) is 4.98 Å². The van der Waals surface area contributed by atoms with Gasteiger partial charge in [0.1, 0.15) is 0 Å². The van der Waals surface area contributed by atoms with Crippen LogP contribution in [0.15, 0.2) is 224 Å². The minimum absolute atomic E-state index is 0.401. The molecule has 1 aromatic heterocycles. The molecule has 8 aromatic carbocycles. The lowest BCUT2D eigenvalue weighted by Crippen LogP contribution is -2.28. The molecule has 0 saturated carbocycles. The van der Waals surface area contributed by atoms with Gasteiger partial charge < -0.3 is 0 Å². The van der Waals surface area contributed by atoms with E-state index in [4.69, 9.17) is 4.98 Å². The predicted octanol–water partition coefficient (Wildman–Crippen LogP) is 13.8. The second-order valence-corrected chi connectivity index (χ2v) is 14.3. The van der Waals surface area contributed by atoms with Gasteiger partial charge in [-0.3, -0.25) is 0 Å². The van der Waals surface area contributed by atoms with E-state index in [0.717, 1.165) is 33.6 Å². The second kappa shape index (κ2) is 13.7. The third-order valence-corrected chi connectivity index (χ3v) is 11.1. The van der Waals surface area contributed by atoms with E-state index in [2.05, 4.69) is 218 Å². The molecule has 0 spiro atoms. The zero-order valence-electron chi connectivity index (χ0n) is 30.3. The molecule has 0 amide bonds. The average molecular weight is 700 g/mol. The maximum atomic E-state index is 5.21. The summed E-state index contributed by atoms with van der Waals surface area (Å²) < 4.78 is 0. The highest BCUT2D eigenvalue weighted by atomic mass is 14.7. The highest BCUT2D eigenvalue weighted by Gasteiger charge is 2.45. The standard InChI is InChI=1S/C54H37N/c1-5-17-38(18-6-1)45-36-52(39-19-7-2-8-20-39)55-53(37-45)44-24-16-23-42(34-44)40-21-15-22-41(33-40)43-31-32-51-49(35-43)48-29-13-14-30-50(48)54(51,46-25-9-3-10-26-46)47-27-11-4-12-28-47/h1-37H. The van der Waals surface area contributed by atoms with Gasteiger partial charge in [0.25, 0.3) is 0 Å². The normalized spacial score (nSPS) is 12.5. The first-order valence-corrected chi connectivity index (χ1v) is 19.0. The third-order valence-electron chi connectivity index (χ3n) is 11.1. The fourth-order valence-electron chi connectivity index (χ4n) is 8.60. The minimum Gasteiger partial charge on any atom is -0.248 e. The van der Waals surface area contributed by atoms with Crippen molar-refractivity contribution in [2.24, 2.45) is 0 Å². The quantitative estimate of drug-likeness (QED) is 0.161. The Morgan fingerprint density at radius 3 is 1.31 bits per heavy atom. The van der Waals surface area contributed by atoms with Crippen molar-refractivity contribution >= 4 is 0 Å². The monoisotopic (exact) mass is 699 g/mol. The molecule has 0 N–H and O–H groups in total. The summed E-state index contributed by atoms with van der Waals surface area (Å²) in [7, 11) is 0. The summed E-state index contributed by atoms with van der Waals surface area (Å²) in [6.45, 7) is 0. The Kier molecular flexibility index (Phi) is 8.12. The SMILES string of the molecule is c1ccc(-c2cc(-c3ccccc3)nc(-c3cccc(-c4cccc(-c5ccc6c(c5)-c5ccccc5C6(c5ccccc5)c5ccccc5)c4)c3)c2)cc1. The van der Waals surface area contributed by atoms with Gasteiger partial charge in [-0.05, 0) is 97.1 Å². The molecule has 0 fully saturated rings. The van der Waals surface area contributed by atoms with Gasteiger partial charge in [0.2, 0.25) is 0 Å². The van der Waals surface area contributed by atoms with E-state index in [1.165, 1.54) is 55.6 Å². The number of hydrogen-bond acceptors (Lipinski definition) is 1. The fourth-order valence-corrected chi connectivity index (χ4v) is 8.60. The molecular weight excluding hydrogens is 663 g/mol. The van der Waals surface area contributed by atoms with Gasteiger partial charge in [-0.1, -0.05) is 194 Å². The number of pyridine rings is 1. The summed E-state index contributed by atoms with van der Waals surface area (Å²) in [5, 5.41) is 0. The smallest absolute Gasteiger partial charge is 0.0715 e. The van der Waals surface area contributed by atoms with Gasteiger partial charge in [0.15, 0.2) is 0 Å². The summed E-state index contributed by atoms with van der Waals surface area (Å²) in [6, 6.07) is 81.2. The van der Waals surface area contributed by atoms with Crippen LogP contribution < -0.4 is 0 Å². The molecule has 55 heavy (non-hydrogen) atoms. The van der Waals surface area contributed by atoms with Crippen molar-refractivity contribution in [3.05, 3.63) is 247 Å². The predicted molar refractivity (Wildman–Crippen MR) is 229 cm³/mol. The van der Waals surface area contributed by atoms with E-state index >= 15 is 0 Å². The maximum Gasteiger partial charge on any atom is 0.0715 e. The van der Waals surface area contributed by atoms with E-state index in [1.54, 1.807) is 0 Å². The summed E-state index contributed by atoms with van der Waals surface area (Å²) in [5.41, 5.74) is 18.5. The van der Waals surface area contributed by atoms with Gasteiger partial charge in [-0.2, -0.15) is 0 Å². The minimum atomic E-state index is -0.401. The largest absolute Gasteiger partial charge is 0.248 e. The number of nitrogens with zero attached hydrogens (tertiary/aromatic N) is 1. The van der Waals surface area contributed by atoms with E-state index in [9.17, 15) is 0 Å². The molecule has 0 atom stereocenters. The topological polar surface area (TPSA) is 12.9 Å². The van der Waals surface area contributed by atoms with Crippen LogP contribution in [0.4, 0.5) is 0 Å². The molecule has 0 aliphatic heterocycles. The Bertz CT molecular complexity index is 2690. The Morgan fingerprint density at radius 1 is 0.255 bits per heavy atom. The van der Waals surface area contributed by atoms with Crippen molar-refractivity contribution in [3.63, 3.8) is 0 Å². The van der Waals surface area contributed by atoms with Gasteiger partial charge in [0.05, 0.1) is 16.8 Å². The number of benzene rings is 8. The molecule has 0 radical (unpaired) electrons. The van der Waals surface area contributed by atoms with Crippen LogP contribution in [0.3, 0.4) is 0 Å². The van der Waals surface area contributed by atoms with Gasteiger partial charge in [0, 0.05) is 11.1 Å². The number of hydrogen-bond donors (Lipinski definition) is 0. The first-order chi connectivity index (χ1) is 27.3. The molecule has 0 saturated heterocycles. The first kappa shape index (κ1) is 32.6. The highest BCUT2D eigenvalue weighted by molar-refractivity contribution is 5.89. The number of rotatable bonds is 7. The third kappa shape index (κ3) is 5.69. The van der Waals surface area contributed by atoms with Crippen molar-refractivity contribution in [3.8, 4) is 67.0 Å². The summed E-state index contributed by atoms with van der Waals surface area (Å²) in [4.78, 5) is 5.21. The number of fused-ring (bicyclic) bond motifs is 3. The van der Waals surface area contributed by atoms with Crippen molar-refractivity contribution < 1.29 is 0 Å². The van der Waals surface area contributed by atoms with Crippen LogP contribution in [0.5, 0.6) is 0 Å². The summed E-state index contributed by atoms with van der Waals surface area (Å²) in [6.07, 6.45) is 0. The van der Waals surface area contributed by atoms with Crippen LogP contribution in [0.1, 0.15) is 22.3 Å². The molecule has 1 heterocycles. The number of aromatic nitrogens is 1. The highest BCUT2D eigenvalue weighted by Crippen LogP contribution is 2.56. The van der Waals surface area contributed by atoms with E-state index < -0.39 is 5.41 Å². The van der Waals surface area contributed by atoms with Crippen LogP contribution in [0.2, 0.25) is 0 Å². The molecule has 1 aliphatic carbocycles. The molecule has 1 heteroatoms. The first-order valence-electron chi connectivity index (χ1n) is 19.0. The van der Waals surface area contributed by atoms with Crippen molar-refractivity contribution in [1.29, 1.82) is 0 Å². The Hall–Kier alpha value is -7.09. The molecule has 0 unspecified atom stereocenters. The van der Waals surface area contributed by atoms with Crippen molar-refractivity contribution in [1.82, 2.24) is 4.98 Å². The lowest BCUT2D eigenvalue weighted by molar-refractivity contribution is 0.768. The summed E-state index contributed by atoms with van der Waals surface area (Å²) >= 11 is 0. The maximum absolute atomic E-state index is 5.21. The lowest BCUT2D eigenvalue weighted by atomic mass is 9.67. The molecule has 9 aromatic rings. The molecule has 1 aliphatic rings. The molecule has 1 nitrogen and oxygen atoms in total. The fraction of sp³-hybridized carbons (Fsp3) is 0.0185. The molecule has 258 valence electrons. The summed E-state index contributed by atoms with van der Waals surface area (Å²) in [5.74, 6) is 0. The van der Waals surface area contributed by atoms with Gasteiger partial charge in [-0.15, -0.1) is 0 Å². The average Bonchev–Trinajstić information content (AvgIpc) is 3.58. The van der Waals surface area contributed by atoms with Crippen LogP contribution in [0.25, 0.3) is 67.0 Å². The molecule has 10 rings (SSSR count). The zero-order valence-corrected chi connectivity index (χ0v) is 30.3. The Labute approximate surface area is 322 Å².